The summed E-state index contributed by atoms with van der Waals surface area (Å²) in [5, 5.41) is 8.08. The largest absolute Gasteiger partial charge is 0.316 e. The molecule has 0 bridgehead atoms. The number of nitrogens with one attached hydrogen (secondary N) is 1. The van der Waals surface area contributed by atoms with Gasteiger partial charge in [0.05, 0.1) is 5.69 Å². The lowest BCUT2D eigenvalue weighted by atomic mass is 9.78. The highest BCUT2D eigenvalue weighted by molar-refractivity contribution is 5.24. The van der Waals surface area contributed by atoms with Gasteiger partial charge < -0.3 is 5.32 Å². The fraction of sp³-hybridized carbons (Fsp3) is 0.471. The fourth-order valence-electron chi connectivity index (χ4n) is 3.45. The van der Waals surface area contributed by atoms with E-state index >= 15 is 0 Å². The average molecular weight is 269 g/mol. The molecule has 20 heavy (non-hydrogen) atoms. The van der Waals surface area contributed by atoms with Crippen LogP contribution in [-0.4, -0.2) is 22.9 Å². The summed E-state index contributed by atoms with van der Waals surface area (Å²) >= 11 is 0. The summed E-state index contributed by atoms with van der Waals surface area (Å²) in [4.78, 5) is 0. The lowest BCUT2D eigenvalue weighted by Gasteiger charge is -2.32. The number of benzene rings is 1. The molecule has 2 atom stereocenters. The van der Waals surface area contributed by atoms with Gasteiger partial charge >= 0.3 is 0 Å². The summed E-state index contributed by atoms with van der Waals surface area (Å²) in [6.07, 6.45) is 4.57. The minimum absolute atomic E-state index is 0.630. The van der Waals surface area contributed by atoms with Crippen LogP contribution < -0.4 is 5.32 Å². The minimum atomic E-state index is 0.630. The Labute approximate surface area is 121 Å². The third-order valence-corrected chi connectivity index (χ3v) is 4.40. The van der Waals surface area contributed by atoms with Crippen molar-refractivity contribution in [3.05, 3.63) is 53.3 Å². The second-order valence-corrected chi connectivity index (χ2v) is 5.89. The number of piperidine rings is 1. The average Bonchev–Trinajstić information content (AvgIpc) is 2.79. The first-order valence-electron chi connectivity index (χ1n) is 7.49. The van der Waals surface area contributed by atoms with Crippen LogP contribution in [0.5, 0.6) is 0 Å². The summed E-state index contributed by atoms with van der Waals surface area (Å²) in [6, 6.07) is 10.8. The Bertz CT molecular complexity index is 559. The molecule has 1 aromatic carbocycles. The van der Waals surface area contributed by atoms with Crippen LogP contribution in [0.1, 0.15) is 29.2 Å². The Kier molecular flexibility index (Phi) is 3.88. The van der Waals surface area contributed by atoms with Crippen LogP contribution in [0.4, 0.5) is 0 Å². The molecule has 1 saturated heterocycles. The topological polar surface area (TPSA) is 29.9 Å². The summed E-state index contributed by atoms with van der Waals surface area (Å²) < 4.78 is 1.95. The Hall–Kier alpha value is -1.61. The van der Waals surface area contributed by atoms with Gasteiger partial charge in [0.25, 0.3) is 0 Å². The van der Waals surface area contributed by atoms with Crippen LogP contribution in [0.15, 0.2) is 36.5 Å². The Morgan fingerprint density at radius 3 is 2.80 bits per heavy atom. The molecule has 0 spiro atoms. The third-order valence-electron chi connectivity index (χ3n) is 4.40. The van der Waals surface area contributed by atoms with E-state index in [1.807, 2.05) is 11.7 Å². The van der Waals surface area contributed by atoms with E-state index in [2.05, 4.69) is 53.9 Å². The molecule has 2 aromatic rings. The molecule has 1 aliphatic heterocycles. The Morgan fingerprint density at radius 2 is 2.10 bits per heavy atom. The lowest BCUT2D eigenvalue weighted by Crippen LogP contribution is -2.36. The van der Waals surface area contributed by atoms with Crippen LogP contribution >= 0.6 is 0 Å². The molecular weight excluding hydrogens is 246 g/mol. The van der Waals surface area contributed by atoms with Gasteiger partial charge in [-0.1, -0.05) is 30.3 Å². The highest BCUT2D eigenvalue weighted by atomic mass is 15.2. The van der Waals surface area contributed by atoms with Gasteiger partial charge in [-0.3, -0.25) is 4.68 Å². The first-order chi connectivity index (χ1) is 9.74. The van der Waals surface area contributed by atoms with Gasteiger partial charge in [0.2, 0.25) is 0 Å². The van der Waals surface area contributed by atoms with Crippen molar-refractivity contribution in [2.75, 3.05) is 13.1 Å². The number of rotatable bonds is 3. The Balaban J connectivity index is 1.82. The third kappa shape index (κ3) is 2.78. The summed E-state index contributed by atoms with van der Waals surface area (Å²) in [6.45, 7) is 4.36. The van der Waals surface area contributed by atoms with Gasteiger partial charge in [0, 0.05) is 13.2 Å². The number of hydrogen-bond acceptors (Lipinski definition) is 2. The second kappa shape index (κ2) is 5.80. The zero-order valence-corrected chi connectivity index (χ0v) is 12.3. The van der Waals surface area contributed by atoms with Gasteiger partial charge in [-0.05, 0) is 55.8 Å². The molecule has 1 fully saturated rings. The fourth-order valence-corrected chi connectivity index (χ4v) is 3.45. The van der Waals surface area contributed by atoms with E-state index < -0.39 is 0 Å². The van der Waals surface area contributed by atoms with Gasteiger partial charge in [-0.25, -0.2) is 0 Å². The number of hydrogen-bond donors (Lipinski definition) is 1. The maximum Gasteiger partial charge on any atom is 0.0628 e. The van der Waals surface area contributed by atoms with E-state index in [1.54, 1.807) is 0 Å². The van der Waals surface area contributed by atoms with Gasteiger partial charge in [0.1, 0.15) is 0 Å². The van der Waals surface area contributed by atoms with Crippen molar-refractivity contribution in [3.63, 3.8) is 0 Å². The van der Waals surface area contributed by atoms with Gasteiger partial charge in [-0.2, -0.15) is 5.10 Å². The van der Waals surface area contributed by atoms with Crippen molar-refractivity contribution in [1.29, 1.82) is 0 Å². The molecule has 1 N–H and O–H groups in total. The predicted octanol–water partition coefficient (Wildman–Crippen LogP) is 2.66. The van der Waals surface area contributed by atoms with E-state index in [-0.39, 0.29) is 0 Å². The quantitative estimate of drug-likeness (QED) is 0.928. The molecule has 1 aliphatic rings. The van der Waals surface area contributed by atoms with E-state index in [0.29, 0.717) is 11.8 Å². The molecule has 3 rings (SSSR count). The van der Waals surface area contributed by atoms with Crippen molar-refractivity contribution in [2.45, 2.75) is 25.7 Å². The first-order valence-corrected chi connectivity index (χ1v) is 7.49. The second-order valence-electron chi connectivity index (χ2n) is 5.89. The van der Waals surface area contributed by atoms with Crippen LogP contribution in [0.2, 0.25) is 0 Å². The van der Waals surface area contributed by atoms with Gasteiger partial charge in [0.15, 0.2) is 0 Å². The van der Waals surface area contributed by atoms with E-state index in [9.17, 15) is 0 Å². The van der Waals surface area contributed by atoms with Crippen molar-refractivity contribution in [2.24, 2.45) is 13.0 Å². The SMILES string of the molecule is Cc1nn(C)cc1C1CCNCC1Cc1ccccc1. The molecule has 0 saturated carbocycles. The first kappa shape index (κ1) is 13.4. The van der Waals surface area contributed by atoms with Crippen LogP contribution in [0, 0.1) is 12.8 Å². The predicted molar refractivity (Wildman–Crippen MR) is 81.8 cm³/mol. The molecule has 106 valence electrons. The number of aryl methyl sites for hydroxylation is 2. The molecule has 0 aliphatic carbocycles. The summed E-state index contributed by atoms with van der Waals surface area (Å²) in [5.74, 6) is 1.29. The molecular formula is C17H23N3. The van der Waals surface area contributed by atoms with Crippen LogP contribution in [0.3, 0.4) is 0 Å². The molecule has 0 radical (unpaired) electrons. The minimum Gasteiger partial charge on any atom is -0.316 e. The standard InChI is InChI=1S/C17H23N3/c1-13-17(12-20(2)19-13)16-8-9-18-11-15(16)10-14-6-4-3-5-7-14/h3-7,12,15-16,18H,8-11H2,1-2H3. The molecule has 3 nitrogen and oxygen atoms in total. The highest BCUT2D eigenvalue weighted by Crippen LogP contribution is 2.33. The maximum absolute atomic E-state index is 4.52. The van der Waals surface area contributed by atoms with Crippen molar-refractivity contribution in [3.8, 4) is 0 Å². The zero-order chi connectivity index (χ0) is 13.9. The molecule has 3 heteroatoms. The Morgan fingerprint density at radius 1 is 1.30 bits per heavy atom. The van der Waals surface area contributed by atoms with E-state index in [4.69, 9.17) is 0 Å². The van der Waals surface area contributed by atoms with E-state index in [0.717, 1.165) is 19.5 Å². The van der Waals surface area contributed by atoms with E-state index in [1.165, 1.54) is 23.2 Å². The number of nitrogens with zero attached hydrogens (tertiary/aromatic N) is 2. The summed E-state index contributed by atoms with van der Waals surface area (Å²) in [5.41, 5.74) is 4.07. The smallest absolute Gasteiger partial charge is 0.0628 e. The molecule has 2 unspecified atom stereocenters. The normalized spacial score (nSPS) is 22.9. The lowest BCUT2D eigenvalue weighted by molar-refractivity contribution is 0.323. The highest BCUT2D eigenvalue weighted by Gasteiger charge is 2.28. The molecule has 0 amide bonds. The summed E-state index contributed by atoms with van der Waals surface area (Å²) in [7, 11) is 2.02. The zero-order valence-electron chi connectivity index (χ0n) is 12.3. The van der Waals surface area contributed by atoms with Crippen molar-refractivity contribution < 1.29 is 0 Å². The molecule has 2 heterocycles. The monoisotopic (exact) mass is 269 g/mol. The van der Waals surface area contributed by atoms with Crippen LogP contribution in [0.25, 0.3) is 0 Å². The maximum atomic E-state index is 4.52. The van der Waals surface area contributed by atoms with Gasteiger partial charge in [-0.15, -0.1) is 0 Å². The van der Waals surface area contributed by atoms with Crippen molar-refractivity contribution in [1.82, 2.24) is 15.1 Å². The van der Waals surface area contributed by atoms with Crippen LogP contribution in [-0.2, 0) is 13.5 Å². The van der Waals surface area contributed by atoms with Crippen molar-refractivity contribution >= 4 is 0 Å². The number of aromatic nitrogens is 2. The molecule has 1 aromatic heterocycles.